The van der Waals surface area contributed by atoms with Crippen molar-refractivity contribution in [3.05, 3.63) is 75.8 Å². The molecule has 5 nitrogen and oxygen atoms in total. The van der Waals surface area contributed by atoms with Gasteiger partial charge < -0.3 is 4.74 Å². The van der Waals surface area contributed by atoms with E-state index in [9.17, 15) is 14.9 Å². The number of benzene rings is 2. The van der Waals surface area contributed by atoms with Crippen LogP contribution in [0.4, 0.5) is 10.5 Å². The second-order valence-corrected chi connectivity index (χ2v) is 4.92. The first kappa shape index (κ1) is 15.1. The molecule has 108 valence electrons. The zero-order valence-electron chi connectivity index (χ0n) is 11.3. The Morgan fingerprint density at radius 3 is 2.38 bits per heavy atom. The SMILES string of the molecule is CSC(=O)OC(c1ccccc1)c1ccccc1[N+](=O)[O-]. The van der Waals surface area contributed by atoms with Crippen LogP contribution >= 0.6 is 11.8 Å². The van der Waals surface area contributed by atoms with Gasteiger partial charge in [-0.25, -0.2) is 4.79 Å². The van der Waals surface area contributed by atoms with Gasteiger partial charge in [0.25, 0.3) is 5.69 Å². The normalized spacial score (nSPS) is 11.7. The Morgan fingerprint density at radius 2 is 1.76 bits per heavy atom. The second kappa shape index (κ2) is 6.90. The monoisotopic (exact) mass is 303 g/mol. The summed E-state index contributed by atoms with van der Waals surface area (Å²) < 4.78 is 5.38. The molecule has 0 heterocycles. The van der Waals surface area contributed by atoms with Crippen molar-refractivity contribution in [2.45, 2.75) is 6.10 Å². The van der Waals surface area contributed by atoms with Crippen molar-refractivity contribution in [2.75, 3.05) is 6.26 Å². The van der Waals surface area contributed by atoms with Gasteiger partial charge in [-0.05, 0) is 29.6 Å². The molecule has 0 aliphatic rings. The van der Waals surface area contributed by atoms with Crippen molar-refractivity contribution < 1.29 is 14.5 Å². The van der Waals surface area contributed by atoms with Crippen LogP contribution in [0.15, 0.2) is 54.6 Å². The molecule has 0 radical (unpaired) electrons. The van der Waals surface area contributed by atoms with Crippen molar-refractivity contribution >= 4 is 22.8 Å². The van der Waals surface area contributed by atoms with Crippen LogP contribution in [0.2, 0.25) is 0 Å². The molecule has 2 rings (SSSR count). The Kier molecular flexibility index (Phi) is 4.94. The van der Waals surface area contributed by atoms with Crippen molar-refractivity contribution in [3.8, 4) is 0 Å². The van der Waals surface area contributed by atoms with Gasteiger partial charge in [0, 0.05) is 6.07 Å². The van der Waals surface area contributed by atoms with Crippen LogP contribution in [0.25, 0.3) is 0 Å². The van der Waals surface area contributed by atoms with Gasteiger partial charge in [-0.15, -0.1) is 0 Å². The van der Waals surface area contributed by atoms with Gasteiger partial charge in [0.2, 0.25) is 0 Å². The Bertz CT molecular complexity index is 645. The van der Waals surface area contributed by atoms with Crippen LogP contribution in [-0.2, 0) is 4.74 Å². The largest absolute Gasteiger partial charge is 0.444 e. The van der Waals surface area contributed by atoms with E-state index < -0.39 is 16.3 Å². The number of ether oxygens (including phenoxy) is 1. The Labute approximate surface area is 126 Å². The highest BCUT2D eigenvalue weighted by molar-refractivity contribution is 8.12. The van der Waals surface area contributed by atoms with Gasteiger partial charge in [-0.3, -0.25) is 10.1 Å². The molecule has 1 unspecified atom stereocenters. The Hall–Kier alpha value is -2.34. The maximum atomic E-state index is 11.6. The Morgan fingerprint density at radius 1 is 1.14 bits per heavy atom. The first-order valence-corrected chi connectivity index (χ1v) is 7.39. The molecule has 0 spiro atoms. The zero-order chi connectivity index (χ0) is 15.2. The molecular weight excluding hydrogens is 290 g/mol. The smallest absolute Gasteiger partial charge is 0.367 e. The number of carbonyl (C=O) groups is 1. The summed E-state index contributed by atoms with van der Waals surface area (Å²) in [5.74, 6) is 0. The summed E-state index contributed by atoms with van der Waals surface area (Å²) in [5.41, 5.74) is 0.977. The summed E-state index contributed by atoms with van der Waals surface area (Å²) >= 11 is 0.926. The van der Waals surface area contributed by atoms with Crippen LogP contribution in [0.1, 0.15) is 17.2 Å². The van der Waals surface area contributed by atoms with Crippen LogP contribution in [0.3, 0.4) is 0 Å². The third kappa shape index (κ3) is 3.61. The molecule has 0 bridgehead atoms. The maximum Gasteiger partial charge on any atom is 0.367 e. The van der Waals surface area contributed by atoms with Crippen molar-refractivity contribution in [1.82, 2.24) is 0 Å². The van der Waals surface area contributed by atoms with Gasteiger partial charge in [0.1, 0.15) is 0 Å². The number of carbonyl (C=O) groups excluding carboxylic acids is 1. The molecule has 1 atom stereocenters. The third-order valence-corrected chi connectivity index (χ3v) is 3.33. The minimum Gasteiger partial charge on any atom is -0.444 e. The highest BCUT2D eigenvalue weighted by Gasteiger charge is 2.26. The molecule has 0 saturated carbocycles. The number of nitro groups is 1. The lowest BCUT2D eigenvalue weighted by molar-refractivity contribution is -0.386. The van der Waals surface area contributed by atoms with Gasteiger partial charge >= 0.3 is 5.30 Å². The van der Waals surface area contributed by atoms with Gasteiger partial charge in [-0.2, -0.15) is 0 Å². The fourth-order valence-electron chi connectivity index (χ4n) is 1.96. The number of hydrogen-bond acceptors (Lipinski definition) is 5. The highest BCUT2D eigenvalue weighted by Crippen LogP contribution is 2.33. The Balaban J connectivity index is 2.50. The molecule has 0 aliphatic heterocycles. The number of thioether (sulfide) groups is 1. The minimum absolute atomic E-state index is 0.0692. The van der Waals surface area contributed by atoms with Crippen molar-refractivity contribution in [1.29, 1.82) is 0 Å². The fraction of sp³-hybridized carbons (Fsp3) is 0.133. The fourth-order valence-corrected chi connectivity index (χ4v) is 2.15. The van der Waals surface area contributed by atoms with Gasteiger partial charge in [-0.1, -0.05) is 42.5 Å². The number of rotatable bonds is 4. The third-order valence-electron chi connectivity index (χ3n) is 2.90. The van der Waals surface area contributed by atoms with E-state index >= 15 is 0 Å². The lowest BCUT2D eigenvalue weighted by Crippen LogP contribution is -2.11. The molecule has 0 aromatic heterocycles. The topological polar surface area (TPSA) is 69.4 Å². The highest BCUT2D eigenvalue weighted by atomic mass is 32.2. The quantitative estimate of drug-likeness (QED) is 0.481. The van der Waals surface area contributed by atoms with Crippen LogP contribution in [-0.4, -0.2) is 16.5 Å². The molecule has 0 fully saturated rings. The van der Waals surface area contributed by atoms with E-state index in [-0.39, 0.29) is 5.69 Å². The molecule has 21 heavy (non-hydrogen) atoms. The number of hydrogen-bond donors (Lipinski definition) is 0. The summed E-state index contributed by atoms with van der Waals surface area (Å²) in [7, 11) is 0. The average Bonchev–Trinajstić information content (AvgIpc) is 2.53. The predicted molar refractivity (Wildman–Crippen MR) is 81.4 cm³/mol. The maximum absolute atomic E-state index is 11.6. The summed E-state index contributed by atoms with van der Waals surface area (Å²) in [5, 5.41) is 10.7. The second-order valence-electron chi connectivity index (χ2n) is 4.18. The molecule has 2 aromatic rings. The number of nitrogens with zero attached hydrogens (tertiary/aromatic N) is 1. The summed E-state index contributed by atoms with van der Waals surface area (Å²) in [6.07, 6.45) is 0.803. The van der Waals surface area contributed by atoms with Crippen LogP contribution < -0.4 is 0 Å². The van der Waals surface area contributed by atoms with E-state index in [0.717, 1.165) is 11.8 Å². The molecule has 0 saturated heterocycles. The summed E-state index contributed by atoms with van der Waals surface area (Å²) in [4.78, 5) is 22.3. The van der Waals surface area contributed by atoms with Gasteiger partial charge in [0.15, 0.2) is 6.10 Å². The molecule has 0 N–H and O–H groups in total. The molecular formula is C15H13NO4S. The van der Waals surface area contributed by atoms with E-state index in [2.05, 4.69) is 0 Å². The zero-order valence-corrected chi connectivity index (χ0v) is 12.1. The van der Waals surface area contributed by atoms with Gasteiger partial charge in [0.05, 0.1) is 10.5 Å². The first-order chi connectivity index (χ1) is 10.1. The van der Waals surface area contributed by atoms with E-state index in [4.69, 9.17) is 4.74 Å². The summed E-state index contributed by atoms with van der Waals surface area (Å²) in [6, 6.07) is 15.2. The van der Waals surface area contributed by atoms with Crippen molar-refractivity contribution in [3.63, 3.8) is 0 Å². The van der Waals surface area contributed by atoms with E-state index in [1.165, 1.54) is 6.07 Å². The van der Waals surface area contributed by atoms with E-state index in [0.29, 0.717) is 11.1 Å². The molecule has 2 aromatic carbocycles. The minimum atomic E-state index is -0.798. The van der Waals surface area contributed by atoms with E-state index in [1.54, 1.807) is 48.7 Å². The molecule has 0 aliphatic carbocycles. The van der Waals surface area contributed by atoms with Crippen LogP contribution in [0.5, 0.6) is 0 Å². The van der Waals surface area contributed by atoms with Crippen LogP contribution in [0, 0.1) is 10.1 Å². The lowest BCUT2D eigenvalue weighted by atomic mass is 10.00. The number of para-hydroxylation sites is 1. The summed E-state index contributed by atoms with van der Waals surface area (Å²) in [6.45, 7) is 0. The molecule has 0 amide bonds. The number of nitro benzene ring substituents is 1. The first-order valence-electron chi connectivity index (χ1n) is 6.16. The van der Waals surface area contributed by atoms with Crippen molar-refractivity contribution in [2.24, 2.45) is 0 Å². The predicted octanol–water partition coefficient (Wildman–Crippen LogP) is 4.18. The average molecular weight is 303 g/mol. The standard InChI is InChI=1S/C15H13NO4S/c1-21-15(17)20-14(11-7-3-2-4-8-11)12-9-5-6-10-13(12)16(18)19/h2-10,14H,1H3. The lowest BCUT2D eigenvalue weighted by Gasteiger charge is -2.18. The van der Waals surface area contributed by atoms with E-state index in [1.807, 2.05) is 6.07 Å². The molecule has 6 heteroatoms.